The first-order valence-corrected chi connectivity index (χ1v) is 8.38. The van der Waals surface area contributed by atoms with Gasteiger partial charge in [-0.3, -0.25) is 5.43 Å². The third-order valence-corrected chi connectivity index (χ3v) is 4.27. The Kier molecular flexibility index (Phi) is 6.65. The number of rotatable bonds is 5. The molecule has 2 N–H and O–H groups in total. The van der Waals surface area contributed by atoms with E-state index in [1.54, 1.807) is 14.2 Å². The molecule has 0 saturated heterocycles. The van der Waals surface area contributed by atoms with Gasteiger partial charge in [0, 0.05) is 17.7 Å². The number of benzene rings is 1. The molecule has 0 aromatic heterocycles. The first kappa shape index (κ1) is 17.5. The molecule has 23 heavy (non-hydrogen) atoms. The first-order chi connectivity index (χ1) is 11.1. The maximum atomic E-state index is 5.40. The van der Waals surface area contributed by atoms with Crippen molar-refractivity contribution in [2.75, 3.05) is 14.2 Å². The van der Waals surface area contributed by atoms with E-state index in [-0.39, 0.29) is 0 Å². The van der Waals surface area contributed by atoms with Gasteiger partial charge in [-0.15, -0.1) is 0 Å². The van der Waals surface area contributed by atoms with Crippen LogP contribution in [-0.2, 0) is 0 Å². The number of nitrogens with zero attached hydrogens (tertiary/aromatic N) is 1. The van der Waals surface area contributed by atoms with E-state index in [0.717, 1.165) is 22.8 Å². The number of hydrogen-bond acceptors (Lipinski definition) is 4. The molecule has 126 valence electrons. The molecule has 0 atom stereocenters. The Balaban J connectivity index is 1.97. The molecule has 0 spiro atoms. The van der Waals surface area contributed by atoms with Gasteiger partial charge in [0.2, 0.25) is 0 Å². The van der Waals surface area contributed by atoms with Crippen molar-refractivity contribution >= 4 is 23.0 Å². The summed E-state index contributed by atoms with van der Waals surface area (Å²) in [6.45, 7) is 1.92. The van der Waals surface area contributed by atoms with Gasteiger partial charge in [0.15, 0.2) is 5.11 Å². The molecule has 1 fully saturated rings. The average Bonchev–Trinajstić information content (AvgIpc) is 2.60. The van der Waals surface area contributed by atoms with Gasteiger partial charge in [-0.1, -0.05) is 19.3 Å². The van der Waals surface area contributed by atoms with Crippen molar-refractivity contribution in [2.45, 2.75) is 45.1 Å². The van der Waals surface area contributed by atoms with Gasteiger partial charge in [-0.05, 0) is 44.1 Å². The van der Waals surface area contributed by atoms with Gasteiger partial charge in [0.05, 0.1) is 19.9 Å². The van der Waals surface area contributed by atoms with E-state index >= 15 is 0 Å². The van der Waals surface area contributed by atoms with E-state index in [1.807, 2.05) is 25.1 Å². The summed E-state index contributed by atoms with van der Waals surface area (Å²) in [7, 11) is 3.26. The van der Waals surface area contributed by atoms with Crippen LogP contribution in [0.2, 0.25) is 0 Å². The van der Waals surface area contributed by atoms with Gasteiger partial charge in [0.25, 0.3) is 0 Å². The highest BCUT2D eigenvalue weighted by atomic mass is 32.1. The molecule has 2 rings (SSSR count). The van der Waals surface area contributed by atoms with E-state index in [0.29, 0.717) is 11.2 Å². The van der Waals surface area contributed by atoms with Crippen molar-refractivity contribution < 1.29 is 9.47 Å². The fraction of sp³-hybridized carbons (Fsp3) is 0.529. The Bertz CT molecular complexity index is 569. The summed E-state index contributed by atoms with van der Waals surface area (Å²) in [6.07, 6.45) is 6.22. The van der Waals surface area contributed by atoms with Crippen LogP contribution in [0, 0.1) is 0 Å². The molecule has 5 nitrogen and oxygen atoms in total. The Morgan fingerprint density at radius 3 is 2.57 bits per heavy atom. The van der Waals surface area contributed by atoms with E-state index in [4.69, 9.17) is 21.7 Å². The first-order valence-electron chi connectivity index (χ1n) is 7.97. The van der Waals surface area contributed by atoms with Gasteiger partial charge >= 0.3 is 0 Å². The van der Waals surface area contributed by atoms with Crippen molar-refractivity contribution in [1.29, 1.82) is 0 Å². The number of hydrazone groups is 1. The maximum absolute atomic E-state index is 5.40. The fourth-order valence-electron chi connectivity index (χ4n) is 2.76. The lowest BCUT2D eigenvalue weighted by molar-refractivity contribution is 0.394. The predicted octanol–water partition coefficient (Wildman–Crippen LogP) is 3.22. The highest BCUT2D eigenvalue weighted by molar-refractivity contribution is 7.80. The summed E-state index contributed by atoms with van der Waals surface area (Å²) < 4.78 is 10.6. The zero-order chi connectivity index (χ0) is 16.7. The summed E-state index contributed by atoms with van der Waals surface area (Å²) in [5.74, 6) is 1.47. The van der Waals surface area contributed by atoms with Crippen LogP contribution in [0.1, 0.15) is 44.6 Å². The van der Waals surface area contributed by atoms with Crippen LogP contribution in [0.4, 0.5) is 0 Å². The SMILES string of the molecule is COc1ccc(/C(C)=N/NC(=S)NC2CCCCC2)c(OC)c1. The van der Waals surface area contributed by atoms with Gasteiger partial charge in [-0.25, -0.2) is 0 Å². The highest BCUT2D eigenvalue weighted by Gasteiger charge is 2.14. The molecule has 0 bridgehead atoms. The Morgan fingerprint density at radius 1 is 1.17 bits per heavy atom. The molecule has 1 aliphatic rings. The summed E-state index contributed by atoms with van der Waals surface area (Å²) in [4.78, 5) is 0. The Morgan fingerprint density at radius 2 is 1.91 bits per heavy atom. The largest absolute Gasteiger partial charge is 0.497 e. The van der Waals surface area contributed by atoms with Crippen LogP contribution < -0.4 is 20.2 Å². The lowest BCUT2D eigenvalue weighted by Crippen LogP contribution is -2.41. The van der Waals surface area contributed by atoms with Crippen LogP contribution in [0.5, 0.6) is 11.5 Å². The Hall–Kier alpha value is -1.82. The lowest BCUT2D eigenvalue weighted by Gasteiger charge is -2.23. The quantitative estimate of drug-likeness (QED) is 0.491. The monoisotopic (exact) mass is 335 g/mol. The summed E-state index contributed by atoms with van der Waals surface area (Å²) in [5, 5.41) is 8.27. The van der Waals surface area contributed by atoms with Crippen molar-refractivity contribution in [1.82, 2.24) is 10.7 Å². The number of ether oxygens (including phenoxy) is 2. The van der Waals surface area contributed by atoms with Crippen LogP contribution >= 0.6 is 12.2 Å². The molecular weight excluding hydrogens is 310 g/mol. The number of thiocarbonyl (C=S) groups is 1. The number of methoxy groups -OCH3 is 2. The van der Waals surface area contributed by atoms with Gasteiger partial charge in [0.1, 0.15) is 11.5 Å². The number of nitrogens with one attached hydrogen (secondary N) is 2. The van der Waals surface area contributed by atoms with E-state index in [9.17, 15) is 0 Å². The van der Waals surface area contributed by atoms with Crippen molar-refractivity contribution in [3.05, 3.63) is 23.8 Å². The molecule has 1 aromatic carbocycles. The minimum atomic E-state index is 0.467. The Labute approximate surface area is 143 Å². The molecule has 0 heterocycles. The summed E-state index contributed by atoms with van der Waals surface area (Å²) in [5.41, 5.74) is 4.64. The summed E-state index contributed by atoms with van der Waals surface area (Å²) in [6, 6.07) is 6.12. The third-order valence-electron chi connectivity index (χ3n) is 4.06. The van der Waals surface area contributed by atoms with E-state index in [1.165, 1.54) is 32.1 Å². The molecule has 1 saturated carbocycles. The van der Waals surface area contributed by atoms with Crippen molar-refractivity contribution in [3.8, 4) is 11.5 Å². The maximum Gasteiger partial charge on any atom is 0.187 e. The molecule has 1 aromatic rings. The lowest BCUT2D eigenvalue weighted by atomic mass is 9.96. The molecule has 0 radical (unpaired) electrons. The topological polar surface area (TPSA) is 54.9 Å². The van der Waals surface area contributed by atoms with E-state index < -0.39 is 0 Å². The van der Waals surface area contributed by atoms with Crippen LogP contribution in [0.25, 0.3) is 0 Å². The zero-order valence-electron chi connectivity index (χ0n) is 14.0. The smallest absolute Gasteiger partial charge is 0.187 e. The zero-order valence-corrected chi connectivity index (χ0v) is 14.8. The van der Waals surface area contributed by atoms with Crippen LogP contribution in [-0.4, -0.2) is 31.1 Å². The van der Waals surface area contributed by atoms with Crippen LogP contribution in [0.15, 0.2) is 23.3 Å². The molecule has 6 heteroatoms. The minimum Gasteiger partial charge on any atom is -0.497 e. The van der Waals surface area contributed by atoms with Gasteiger partial charge < -0.3 is 14.8 Å². The minimum absolute atomic E-state index is 0.467. The normalized spacial score (nSPS) is 15.9. The van der Waals surface area contributed by atoms with E-state index in [2.05, 4.69) is 15.8 Å². The molecule has 0 unspecified atom stereocenters. The third kappa shape index (κ3) is 5.10. The predicted molar refractivity (Wildman–Crippen MR) is 97.5 cm³/mol. The number of hydrogen-bond donors (Lipinski definition) is 2. The summed E-state index contributed by atoms with van der Waals surface area (Å²) >= 11 is 5.32. The van der Waals surface area contributed by atoms with Gasteiger partial charge in [-0.2, -0.15) is 5.10 Å². The second kappa shape index (κ2) is 8.72. The fourth-order valence-corrected chi connectivity index (χ4v) is 2.97. The molecule has 0 amide bonds. The standard InChI is InChI=1S/C17H25N3O2S/c1-12(15-10-9-14(21-2)11-16(15)22-3)19-20-17(23)18-13-7-5-4-6-8-13/h9-11,13H,4-8H2,1-3H3,(H2,18,20,23)/b19-12+. The van der Waals surface area contributed by atoms with Crippen LogP contribution in [0.3, 0.4) is 0 Å². The molecular formula is C17H25N3O2S. The second-order valence-corrected chi connectivity index (χ2v) is 6.09. The molecule has 1 aliphatic carbocycles. The van der Waals surface area contributed by atoms with Crippen molar-refractivity contribution in [2.24, 2.45) is 5.10 Å². The van der Waals surface area contributed by atoms with Crippen molar-refractivity contribution in [3.63, 3.8) is 0 Å². The average molecular weight is 335 g/mol. The second-order valence-electron chi connectivity index (χ2n) is 5.68. The molecule has 0 aliphatic heterocycles. The highest BCUT2D eigenvalue weighted by Crippen LogP contribution is 2.25.